The fraction of sp³-hybridized carbons (Fsp3) is 0.429. The van der Waals surface area contributed by atoms with Crippen LogP contribution in [-0.4, -0.2) is 34.6 Å². The number of aromatic nitrogens is 3. The highest BCUT2D eigenvalue weighted by atomic mass is 35.5. The standard InChI is InChI=1S/C14H15ClN4O2S/c1-3-10-16-6-8-4-5-19(7-9(8)17-10)14-18-12(15)11(22-14)13(20)21-2/h6H,3-5,7H2,1-2H3. The molecule has 8 heteroatoms. The molecule has 0 bridgehead atoms. The zero-order valence-electron chi connectivity index (χ0n) is 12.3. The number of fused-ring (bicyclic) bond motifs is 1. The molecule has 0 amide bonds. The highest BCUT2D eigenvalue weighted by Gasteiger charge is 2.24. The number of hydrogen-bond donors (Lipinski definition) is 0. The van der Waals surface area contributed by atoms with Crippen molar-refractivity contribution in [1.29, 1.82) is 0 Å². The van der Waals surface area contributed by atoms with Gasteiger partial charge < -0.3 is 9.64 Å². The van der Waals surface area contributed by atoms with E-state index in [9.17, 15) is 4.79 Å². The number of carbonyl (C=O) groups excluding carboxylic acids is 1. The van der Waals surface area contributed by atoms with Gasteiger partial charge in [-0.1, -0.05) is 29.9 Å². The van der Waals surface area contributed by atoms with Crippen molar-refractivity contribution in [2.45, 2.75) is 26.3 Å². The minimum absolute atomic E-state index is 0.189. The average Bonchev–Trinajstić information content (AvgIpc) is 2.94. The van der Waals surface area contributed by atoms with Crippen LogP contribution in [-0.2, 0) is 24.1 Å². The molecule has 3 heterocycles. The largest absolute Gasteiger partial charge is 0.465 e. The van der Waals surface area contributed by atoms with Crippen molar-refractivity contribution in [3.8, 4) is 0 Å². The molecule has 0 N–H and O–H groups in total. The van der Waals surface area contributed by atoms with E-state index in [1.54, 1.807) is 0 Å². The van der Waals surface area contributed by atoms with Gasteiger partial charge in [0, 0.05) is 19.2 Å². The molecular formula is C14H15ClN4O2S. The molecule has 2 aromatic rings. The Hall–Kier alpha value is -1.73. The van der Waals surface area contributed by atoms with Gasteiger partial charge in [0.05, 0.1) is 19.3 Å². The van der Waals surface area contributed by atoms with E-state index < -0.39 is 5.97 Å². The van der Waals surface area contributed by atoms with Gasteiger partial charge in [0.2, 0.25) is 0 Å². The van der Waals surface area contributed by atoms with Crippen molar-refractivity contribution in [2.24, 2.45) is 0 Å². The van der Waals surface area contributed by atoms with Gasteiger partial charge in [-0.3, -0.25) is 0 Å². The number of anilines is 1. The molecule has 0 radical (unpaired) electrons. The Kier molecular flexibility index (Phi) is 4.26. The van der Waals surface area contributed by atoms with Gasteiger partial charge in [-0.05, 0) is 12.0 Å². The lowest BCUT2D eigenvalue weighted by molar-refractivity contribution is 0.0606. The van der Waals surface area contributed by atoms with E-state index in [2.05, 4.69) is 19.9 Å². The van der Waals surface area contributed by atoms with Crippen LogP contribution in [0.5, 0.6) is 0 Å². The van der Waals surface area contributed by atoms with E-state index in [0.717, 1.165) is 30.9 Å². The summed E-state index contributed by atoms with van der Waals surface area (Å²) in [5, 5.41) is 0.905. The van der Waals surface area contributed by atoms with Crippen LogP contribution < -0.4 is 4.90 Å². The first-order valence-corrected chi connectivity index (χ1v) is 8.15. The summed E-state index contributed by atoms with van der Waals surface area (Å²) in [4.78, 5) is 27.3. The second-order valence-electron chi connectivity index (χ2n) is 4.89. The van der Waals surface area contributed by atoms with E-state index >= 15 is 0 Å². The summed E-state index contributed by atoms with van der Waals surface area (Å²) < 4.78 is 4.71. The van der Waals surface area contributed by atoms with Crippen LogP contribution in [0.1, 0.15) is 33.7 Å². The smallest absolute Gasteiger partial charge is 0.351 e. The lowest BCUT2D eigenvalue weighted by Gasteiger charge is -2.27. The number of thiazole rings is 1. The molecule has 1 aliphatic heterocycles. The number of rotatable bonds is 3. The molecule has 6 nitrogen and oxygen atoms in total. The van der Waals surface area contributed by atoms with E-state index in [1.165, 1.54) is 24.0 Å². The van der Waals surface area contributed by atoms with Gasteiger partial charge in [0.25, 0.3) is 0 Å². The molecule has 116 valence electrons. The summed E-state index contributed by atoms with van der Waals surface area (Å²) in [5.74, 6) is 0.384. The minimum atomic E-state index is -0.457. The van der Waals surface area contributed by atoms with E-state index in [4.69, 9.17) is 16.3 Å². The number of halogens is 1. The molecule has 0 saturated heterocycles. The number of carbonyl (C=O) groups is 1. The Morgan fingerprint density at radius 2 is 2.32 bits per heavy atom. The van der Waals surface area contributed by atoms with Gasteiger partial charge in [-0.2, -0.15) is 0 Å². The van der Waals surface area contributed by atoms with Crippen molar-refractivity contribution in [2.75, 3.05) is 18.6 Å². The predicted molar refractivity (Wildman–Crippen MR) is 84.6 cm³/mol. The Morgan fingerprint density at radius 3 is 3.05 bits per heavy atom. The van der Waals surface area contributed by atoms with Crippen LogP contribution in [0, 0.1) is 0 Å². The van der Waals surface area contributed by atoms with Crippen LogP contribution in [0.2, 0.25) is 5.15 Å². The third-order valence-electron chi connectivity index (χ3n) is 3.53. The summed E-state index contributed by atoms with van der Waals surface area (Å²) in [5.41, 5.74) is 2.19. The second kappa shape index (κ2) is 6.18. The molecule has 1 aliphatic rings. The Morgan fingerprint density at radius 1 is 1.50 bits per heavy atom. The minimum Gasteiger partial charge on any atom is -0.465 e. The fourth-order valence-corrected chi connectivity index (χ4v) is 3.55. The molecule has 3 rings (SSSR count). The molecule has 0 fully saturated rings. The maximum absolute atomic E-state index is 11.6. The number of aryl methyl sites for hydroxylation is 1. The maximum atomic E-state index is 11.6. The van der Waals surface area contributed by atoms with Crippen molar-refractivity contribution < 1.29 is 9.53 Å². The quantitative estimate of drug-likeness (QED) is 0.801. The van der Waals surface area contributed by atoms with Crippen LogP contribution in [0.4, 0.5) is 5.13 Å². The number of esters is 1. The molecule has 0 unspecified atom stereocenters. The van der Waals surface area contributed by atoms with Crippen LogP contribution in [0.25, 0.3) is 0 Å². The van der Waals surface area contributed by atoms with E-state index in [-0.39, 0.29) is 5.15 Å². The Labute approximate surface area is 137 Å². The topological polar surface area (TPSA) is 68.2 Å². The fourth-order valence-electron chi connectivity index (χ4n) is 2.32. The molecule has 0 saturated carbocycles. The summed E-state index contributed by atoms with van der Waals surface area (Å²) in [6.07, 6.45) is 3.57. The number of hydrogen-bond acceptors (Lipinski definition) is 7. The first-order valence-electron chi connectivity index (χ1n) is 6.95. The van der Waals surface area contributed by atoms with Gasteiger partial charge in [-0.25, -0.2) is 19.7 Å². The first-order chi connectivity index (χ1) is 10.6. The summed E-state index contributed by atoms with van der Waals surface area (Å²) in [6.45, 7) is 3.48. The molecule has 0 aromatic carbocycles. The van der Waals surface area contributed by atoms with Crippen molar-refractivity contribution >= 4 is 34.0 Å². The molecule has 22 heavy (non-hydrogen) atoms. The summed E-state index contributed by atoms with van der Waals surface area (Å²) in [6, 6.07) is 0. The molecule has 0 aliphatic carbocycles. The van der Waals surface area contributed by atoms with E-state index in [0.29, 0.717) is 16.6 Å². The lowest BCUT2D eigenvalue weighted by Crippen LogP contribution is -2.31. The normalized spacial score (nSPS) is 13.9. The number of nitrogens with zero attached hydrogens (tertiary/aromatic N) is 4. The number of methoxy groups -OCH3 is 1. The highest BCUT2D eigenvalue weighted by Crippen LogP contribution is 2.32. The van der Waals surface area contributed by atoms with Crippen LogP contribution >= 0.6 is 22.9 Å². The molecular weight excluding hydrogens is 324 g/mol. The van der Waals surface area contributed by atoms with Crippen LogP contribution in [0.15, 0.2) is 6.20 Å². The zero-order chi connectivity index (χ0) is 15.7. The van der Waals surface area contributed by atoms with Gasteiger partial charge in [-0.15, -0.1) is 0 Å². The average molecular weight is 339 g/mol. The molecule has 0 spiro atoms. The molecule has 2 aromatic heterocycles. The third kappa shape index (κ3) is 2.78. The Balaban J connectivity index is 1.86. The van der Waals surface area contributed by atoms with Crippen molar-refractivity contribution in [1.82, 2.24) is 15.0 Å². The monoisotopic (exact) mass is 338 g/mol. The lowest BCUT2D eigenvalue weighted by atomic mass is 10.1. The van der Waals surface area contributed by atoms with Gasteiger partial charge in [0.15, 0.2) is 15.2 Å². The second-order valence-corrected chi connectivity index (χ2v) is 6.23. The zero-order valence-corrected chi connectivity index (χ0v) is 13.9. The first kappa shape index (κ1) is 15.2. The van der Waals surface area contributed by atoms with Crippen molar-refractivity contribution in [3.63, 3.8) is 0 Å². The SMILES string of the molecule is CCc1ncc2c(n1)CN(c1nc(Cl)c(C(=O)OC)s1)CC2. The van der Waals surface area contributed by atoms with E-state index in [1.807, 2.05) is 13.1 Å². The van der Waals surface area contributed by atoms with Crippen LogP contribution in [0.3, 0.4) is 0 Å². The summed E-state index contributed by atoms with van der Waals surface area (Å²) >= 11 is 7.28. The van der Waals surface area contributed by atoms with Gasteiger partial charge >= 0.3 is 5.97 Å². The van der Waals surface area contributed by atoms with Crippen molar-refractivity contribution in [3.05, 3.63) is 33.3 Å². The molecule has 0 atom stereocenters. The maximum Gasteiger partial charge on any atom is 0.351 e. The number of ether oxygens (including phenoxy) is 1. The Bertz CT molecular complexity index is 719. The summed E-state index contributed by atoms with van der Waals surface area (Å²) in [7, 11) is 1.33. The van der Waals surface area contributed by atoms with Gasteiger partial charge in [0.1, 0.15) is 5.82 Å². The third-order valence-corrected chi connectivity index (χ3v) is 5.01. The predicted octanol–water partition coefficient (Wildman–Crippen LogP) is 2.50. The highest BCUT2D eigenvalue weighted by molar-refractivity contribution is 7.18.